The molecule has 0 bridgehead atoms. The molecule has 1 aliphatic rings. The first-order valence-electron chi connectivity index (χ1n) is 13.3. The molecule has 1 aromatic carbocycles. The van der Waals surface area contributed by atoms with Crippen LogP contribution < -0.4 is 32.1 Å². The first-order chi connectivity index (χ1) is 19.1. The lowest BCUT2D eigenvalue weighted by atomic mass is 9.85. The smallest absolute Gasteiger partial charge is 0.138 e. The number of anilines is 1. The van der Waals surface area contributed by atoms with Gasteiger partial charge in [0, 0.05) is 35.3 Å². The molecule has 0 radical (unpaired) electrons. The van der Waals surface area contributed by atoms with Crippen LogP contribution in [0.4, 0.5) is 10.1 Å². The van der Waals surface area contributed by atoms with E-state index < -0.39 is 5.54 Å². The molecule has 3 rings (SSSR count). The number of nitrogens with one attached hydrogen (secondary N) is 1. The summed E-state index contributed by atoms with van der Waals surface area (Å²) in [6.07, 6.45) is 2.32. The number of aryl methyl sites for hydroxylation is 1. The second kappa shape index (κ2) is 12.7. The second-order valence-electron chi connectivity index (χ2n) is 11.1. The van der Waals surface area contributed by atoms with E-state index in [0.29, 0.717) is 50.5 Å². The van der Waals surface area contributed by atoms with E-state index in [1.807, 2.05) is 27.7 Å². The maximum Gasteiger partial charge on any atom is 0.138 e. The van der Waals surface area contributed by atoms with Gasteiger partial charge in [-0.25, -0.2) is 4.39 Å². The summed E-state index contributed by atoms with van der Waals surface area (Å²) in [4.78, 5) is 8.84. The summed E-state index contributed by atoms with van der Waals surface area (Å²) in [6.45, 7) is 19.2. The highest BCUT2D eigenvalue weighted by atomic mass is 32.2. The molecule has 1 heterocycles. The molecule has 0 saturated heterocycles. The molecule has 1 saturated carbocycles. The van der Waals surface area contributed by atoms with Gasteiger partial charge >= 0.3 is 0 Å². The Labute approximate surface area is 246 Å². The van der Waals surface area contributed by atoms with Crippen molar-refractivity contribution in [2.24, 2.45) is 22.4 Å². The number of allylic oxidation sites excluding steroid dienone is 1. The maximum absolute atomic E-state index is 15.5. The van der Waals surface area contributed by atoms with Crippen molar-refractivity contribution in [2.45, 2.75) is 58.2 Å². The summed E-state index contributed by atoms with van der Waals surface area (Å²) in [5, 5.41) is 15.0. The van der Waals surface area contributed by atoms with Crippen LogP contribution in [0.5, 0.6) is 5.75 Å². The normalized spacial score (nSPS) is 20.9. The summed E-state index contributed by atoms with van der Waals surface area (Å²) in [6, 6.07) is 5.26. The molecule has 0 unspecified atom stereocenters. The molecular formula is C31H42FN5O3S. The van der Waals surface area contributed by atoms with Crippen molar-refractivity contribution in [2.75, 3.05) is 25.6 Å². The predicted molar refractivity (Wildman–Crippen MR) is 168 cm³/mol. The fourth-order valence-corrected chi connectivity index (χ4v) is 6.43. The summed E-state index contributed by atoms with van der Waals surface area (Å²) >= 11 is 1.45. The number of halogens is 1. The Balaban J connectivity index is 1.89. The minimum absolute atomic E-state index is 0.0629. The maximum atomic E-state index is 15.5. The van der Waals surface area contributed by atoms with Crippen molar-refractivity contribution >= 4 is 35.4 Å². The molecule has 2 aromatic rings. The molecule has 0 aliphatic heterocycles. The van der Waals surface area contributed by atoms with E-state index in [0.717, 1.165) is 17.8 Å². The third-order valence-corrected chi connectivity index (χ3v) is 8.32. The van der Waals surface area contributed by atoms with Crippen LogP contribution in [0.2, 0.25) is 0 Å². The standard InChI is InChI=1S/C31H42FN5O3S/c1-17(2)36-26(21(6)38)15-40-24-11-19(4)29(35-14-24)20(5)37-23-10-18(3)28(32)25(12-23)30(8,34)27-13-31(27,16-39-9)41-22(7)33/h10-12,14,27,37-38H,4,7,13,15-16,33-34H2,1-3,5-6,8-9H3/b26-21-,29-20-/t27-,30+,31+/m0/s1. The molecule has 1 aliphatic carbocycles. The van der Waals surface area contributed by atoms with E-state index in [-0.39, 0.29) is 28.8 Å². The zero-order valence-electron chi connectivity index (χ0n) is 25.0. The van der Waals surface area contributed by atoms with Gasteiger partial charge in [-0.2, -0.15) is 0 Å². The predicted octanol–water partition coefficient (Wildman–Crippen LogP) is 4.57. The van der Waals surface area contributed by atoms with Gasteiger partial charge in [0.1, 0.15) is 29.6 Å². The van der Waals surface area contributed by atoms with E-state index in [4.69, 9.17) is 20.9 Å². The Morgan fingerprint density at radius 3 is 2.56 bits per heavy atom. The Morgan fingerprint density at radius 1 is 1.32 bits per heavy atom. The van der Waals surface area contributed by atoms with Crippen LogP contribution in [0.15, 0.2) is 52.5 Å². The minimum atomic E-state index is -0.975. The van der Waals surface area contributed by atoms with E-state index in [1.165, 1.54) is 11.8 Å². The SMILES string of the molecule is C=C(N)S[C@@]1(COC)C[C@H]1[C@](C)(N)c1cc(N/C(C)=c2\ncc(OC/C(N=C(C)C)=C(\C)O)cc2=C)cc(C)c1F. The van der Waals surface area contributed by atoms with Crippen molar-refractivity contribution in [1.29, 1.82) is 0 Å². The quantitative estimate of drug-likeness (QED) is 0.211. The molecule has 41 heavy (non-hydrogen) atoms. The third kappa shape index (κ3) is 7.49. The number of thioether (sulfide) groups is 1. The molecular weight excluding hydrogens is 541 g/mol. The highest BCUT2D eigenvalue weighted by Crippen LogP contribution is 2.62. The van der Waals surface area contributed by atoms with Gasteiger partial charge in [-0.15, -0.1) is 11.8 Å². The summed E-state index contributed by atoms with van der Waals surface area (Å²) < 4.78 is 26.4. The van der Waals surface area contributed by atoms with Gasteiger partial charge in [-0.1, -0.05) is 13.2 Å². The molecule has 1 aromatic heterocycles. The number of aromatic nitrogens is 1. The van der Waals surface area contributed by atoms with E-state index in [1.54, 1.807) is 45.4 Å². The van der Waals surface area contributed by atoms with Crippen LogP contribution >= 0.6 is 11.8 Å². The summed E-state index contributed by atoms with van der Waals surface area (Å²) in [5.74, 6) is 0.193. The number of nitrogens with zero attached hydrogens (tertiary/aromatic N) is 2. The first kappa shape index (κ1) is 32.2. The van der Waals surface area contributed by atoms with Gasteiger partial charge in [0.2, 0.25) is 0 Å². The Bertz CT molecular complexity index is 1500. The monoisotopic (exact) mass is 583 g/mol. The molecule has 1 fully saturated rings. The number of hydrogen-bond donors (Lipinski definition) is 4. The van der Waals surface area contributed by atoms with E-state index in [2.05, 4.69) is 28.5 Å². The van der Waals surface area contributed by atoms with E-state index in [9.17, 15) is 5.11 Å². The number of rotatable bonds is 12. The average Bonchev–Trinajstić information content (AvgIpc) is 3.57. The number of aliphatic hydroxyl groups is 1. The number of pyridine rings is 1. The van der Waals surface area contributed by atoms with Gasteiger partial charge in [0.05, 0.1) is 27.9 Å². The number of nitrogens with two attached hydrogens (primary N) is 2. The molecule has 222 valence electrons. The Morgan fingerprint density at radius 2 is 2.00 bits per heavy atom. The second-order valence-corrected chi connectivity index (χ2v) is 12.6. The summed E-state index contributed by atoms with van der Waals surface area (Å²) in [5.41, 5.74) is 15.3. The van der Waals surface area contributed by atoms with Crippen molar-refractivity contribution in [3.8, 4) is 5.75 Å². The third-order valence-electron chi connectivity index (χ3n) is 7.09. The summed E-state index contributed by atoms with van der Waals surface area (Å²) in [7, 11) is 1.63. The van der Waals surface area contributed by atoms with Crippen LogP contribution in [-0.2, 0) is 10.3 Å². The van der Waals surface area contributed by atoms with Crippen LogP contribution in [0, 0.1) is 18.7 Å². The number of benzene rings is 1. The van der Waals surface area contributed by atoms with Crippen LogP contribution in [0.3, 0.4) is 0 Å². The Hall–Kier alpha value is -3.34. The number of aliphatic hydroxyl groups excluding tert-OH is 1. The van der Waals surface area contributed by atoms with Gasteiger partial charge < -0.3 is 31.4 Å². The average molecular weight is 584 g/mol. The first-order valence-corrected chi connectivity index (χ1v) is 14.1. The van der Waals surface area contributed by atoms with Crippen molar-refractivity contribution < 1.29 is 19.0 Å². The lowest BCUT2D eigenvalue weighted by Crippen LogP contribution is -2.40. The highest BCUT2D eigenvalue weighted by Gasteiger charge is 2.62. The van der Waals surface area contributed by atoms with E-state index >= 15 is 4.39 Å². The minimum Gasteiger partial charge on any atom is -0.511 e. The zero-order valence-corrected chi connectivity index (χ0v) is 25.8. The lowest BCUT2D eigenvalue weighted by molar-refractivity contribution is 0.184. The van der Waals surface area contributed by atoms with Gasteiger partial charge in [-0.3, -0.25) is 9.98 Å². The van der Waals surface area contributed by atoms with Crippen LogP contribution in [0.25, 0.3) is 12.3 Å². The molecule has 0 spiro atoms. The zero-order chi connectivity index (χ0) is 30.7. The van der Waals surface area contributed by atoms with Crippen LogP contribution in [0.1, 0.15) is 52.2 Å². The Kier molecular flexibility index (Phi) is 9.94. The molecule has 8 nitrogen and oxygen atoms in total. The molecule has 6 N–H and O–H groups in total. The largest absolute Gasteiger partial charge is 0.511 e. The fraction of sp³-hybridized carbons (Fsp3) is 0.419. The number of methoxy groups -OCH3 is 1. The molecule has 3 atom stereocenters. The molecule has 10 heteroatoms. The lowest BCUT2D eigenvalue weighted by Gasteiger charge is -2.30. The van der Waals surface area contributed by atoms with Crippen molar-refractivity contribution in [3.63, 3.8) is 0 Å². The van der Waals surface area contributed by atoms with Crippen molar-refractivity contribution in [1.82, 2.24) is 4.98 Å². The van der Waals surface area contributed by atoms with Crippen LogP contribution in [-0.4, -0.2) is 40.9 Å². The van der Waals surface area contributed by atoms with Gasteiger partial charge in [-0.05, 0) is 82.9 Å². The van der Waals surface area contributed by atoms with Crippen molar-refractivity contribution in [3.05, 3.63) is 75.0 Å². The topological polar surface area (TPSA) is 128 Å². The number of aliphatic imine (C=N–C) groups is 1. The molecule has 0 amide bonds. The highest BCUT2D eigenvalue weighted by molar-refractivity contribution is 8.04. The number of hydrogen-bond acceptors (Lipinski definition) is 9. The fourth-order valence-electron chi connectivity index (χ4n) is 5.09. The van der Waals surface area contributed by atoms with Gasteiger partial charge in [0.15, 0.2) is 0 Å². The van der Waals surface area contributed by atoms with Gasteiger partial charge in [0.25, 0.3) is 0 Å². The number of ether oxygens (including phenoxy) is 2.